The second-order valence-corrected chi connectivity index (χ2v) is 13.5. The number of nitrogens with zero attached hydrogens (tertiary/aromatic N) is 1. The molecule has 3 nitrogen and oxygen atoms in total. The molecular formula is C39H79NO2. The second-order valence-electron chi connectivity index (χ2n) is 13.5. The number of carbonyl (C=O) groups excluding carboxylic acids is 1. The van der Waals surface area contributed by atoms with Crippen LogP contribution in [-0.2, 0) is 4.79 Å². The molecule has 0 rings (SSSR count). The number of rotatable bonds is 36. The van der Waals surface area contributed by atoms with Crippen molar-refractivity contribution < 1.29 is 9.90 Å². The van der Waals surface area contributed by atoms with Crippen LogP contribution < -0.4 is 0 Å². The summed E-state index contributed by atoms with van der Waals surface area (Å²) < 4.78 is 0. The Morgan fingerprint density at radius 3 is 1.19 bits per heavy atom. The molecule has 0 amide bonds. The summed E-state index contributed by atoms with van der Waals surface area (Å²) in [5, 5.41) is 9.44. The third-order valence-electron chi connectivity index (χ3n) is 9.41. The summed E-state index contributed by atoms with van der Waals surface area (Å²) in [7, 11) is 0. The van der Waals surface area contributed by atoms with Gasteiger partial charge in [0, 0.05) is 18.9 Å². The van der Waals surface area contributed by atoms with E-state index in [1.165, 1.54) is 167 Å². The highest BCUT2D eigenvalue weighted by atomic mass is 16.3. The lowest BCUT2D eigenvalue weighted by atomic mass is 9.88. The van der Waals surface area contributed by atoms with E-state index in [-0.39, 0.29) is 0 Å². The van der Waals surface area contributed by atoms with Crippen molar-refractivity contribution >= 4 is 5.78 Å². The average Bonchev–Trinajstić information content (AvgIpc) is 2.99. The fourth-order valence-corrected chi connectivity index (χ4v) is 6.48. The van der Waals surface area contributed by atoms with Crippen LogP contribution in [0, 0.1) is 5.92 Å². The summed E-state index contributed by atoms with van der Waals surface area (Å²) in [6, 6.07) is 0. The Bertz CT molecular complexity index is 523. The van der Waals surface area contributed by atoms with E-state index in [1.54, 1.807) is 0 Å². The molecule has 0 aliphatic heterocycles. The van der Waals surface area contributed by atoms with Gasteiger partial charge < -0.3 is 10.0 Å². The van der Waals surface area contributed by atoms with Crippen molar-refractivity contribution in [3.8, 4) is 0 Å². The quantitative estimate of drug-likeness (QED) is 0.0734. The van der Waals surface area contributed by atoms with Gasteiger partial charge in [-0.15, -0.1) is 0 Å². The zero-order valence-corrected chi connectivity index (χ0v) is 29.4. The number of hydrogen-bond acceptors (Lipinski definition) is 3. The Hall–Kier alpha value is -0.410. The number of Topliss-reactive ketones (excluding diaryl/α,β-unsaturated/α-hetero) is 1. The van der Waals surface area contributed by atoms with E-state index in [9.17, 15) is 9.90 Å². The fraction of sp³-hybridized carbons (Fsp3) is 0.974. The Balaban J connectivity index is 3.82. The molecule has 1 unspecified atom stereocenters. The minimum absolute atomic E-state index is 0.293. The predicted octanol–water partition coefficient (Wildman–Crippen LogP) is 12.2. The van der Waals surface area contributed by atoms with Gasteiger partial charge in [0.1, 0.15) is 5.78 Å². The summed E-state index contributed by atoms with van der Waals surface area (Å²) in [6.07, 6.45) is 38.8. The van der Waals surface area contributed by atoms with Crippen LogP contribution in [0.2, 0.25) is 0 Å². The molecule has 0 fully saturated rings. The van der Waals surface area contributed by atoms with E-state index in [1.807, 2.05) is 0 Å². The fourth-order valence-electron chi connectivity index (χ4n) is 6.48. The third kappa shape index (κ3) is 29.7. The van der Waals surface area contributed by atoms with Crippen molar-refractivity contribution in [2.75, 3.05) is 26.2 Å². The molecule has 0 aliphatic rings. The van der Waals surface area contributed by atoms with Crippen LogP contribution in [0.15, 0.2) is 0 Å². The van der Waals surface area contributed by atoms with Gasteiger partial charge in [0.25, 0.3) is 0 Å². The Kier molecular flexibility index (Phi) is 34.7. The summed E-state index contributed by atoms with van der Waals surface area (Å²) >= 11 is 0. The van der Waals surface area contributed by atoms with Gasteiger partial charge >= 0.3 is 0 Å². The number of carbonyl (C=O) groups is 1. The number of unbranched alkanes of at least 4 members (excludes halogenated alkanes) is 23. The van der Waals surface area contributed by atoms with Crippen molar-refractivity contribution in [1.29, 1.82) is 0 Å². The van der Waals surface area contributed by atoms with Gasteiger partial charge in [-0.25, -0.2) is 0 Å². The van der Waals surface area contributed by atoms with Crippen molar-refractivity contribution in [3.63, 3.8) is 0 Å². The largest absolute Gasteiger partial charge is 0.395 e. The highest BCUT2D eigenvalue weighted by molar-refractivity contribution is 5.80. The van der Waals surface area contributed by atoms with Gasteiger partial charge in [-0.05, 0) is 45.2 Å². The highest BCUT2D eigenvalue weighted by Crippen LogP contribution is 2.22. The maximum absolute atomic E-state index is 13.0. The molecule has 1 N–H and O–H groups in total. The summed E-state index contributed by atoms with van der Waals surface area (Å²) in [6.45, 7) is 10.3. The van der Waals surface area contributed by atoms with Gasteiger partial charge in [-0.3, -0.25) is 4.79 Å². The average molecular weight is 594 g/mol. The van der Waals surface area contributed by atoms with E-state index in [2.05, 4.69) is 25.7 Å². The molecule has 0 aromatic carbocycles. The molecule has 252 valence electrons. The lowest BCUT2D eigenvalue weighted by Gasteiger charge is -2.21. The third-order valence-corrected chi connectivity index (χ3v) is 9.41. The van der Waals surface area contributed by atoms with Crippen LogP contribution in [0.25, 0.3) is 0 Å². The molecule has 0 heterocycles. The topological polar surface area (TPSA) is 40.5 Å². The number of aliphatic hydroxyl groups excluding tert-OH is 1. The molecule has 0 radical (unpaired) electrons. The highest BCUT2D eigenvalue weighted by Gasteiger charge is 2.17. The summed E-state index contributed by atoms with van der Waals surface area (Å²) in [4.78, 5) is 15.5. The van der Waals surface area contributed by atoms with Gasteiger partial charge in [-0.1, -0.05) is 175 Å². The molecule has 0 aromatic rings. The Labute approximate surface area is 265 Å². The Morgan fingerprint density at radius 1 is 0.452 bits per heavy atom. The SMILES string of the molecule is CCCCCCCCCCN(CCO)CCCCCCCCCCCC(=O)C(CCCCCC)CCCCCCCC. The number of aliphatic hydroxyl groups is 1. The Morgan fingerprint density at radius 2 is 0.786 bits per heavy atom. The monoisotopic (exact) mass is 594 g/mol. The summed E-state index contributed by atoms with van der Waals surface area (Å²) in [5.74, 6) is 0.930. The molecular weight excluding hydrogens is 514 g/mol. The number of ketones is 1. The zero-order chi connectivity index (χ0) is 30.8. The van der Waals surface area contributed by atoms with E-state index < -0.39 is 0 Å². The second kappa shape index (κ2) is 35.1. The minimum atomic E-state index is 0.293. The van der Waals surface area contributed by atoms with Crippen LogP contribution >= 0.6 is 0 Å². The zero-order valence-electron chi connectivity index (χ0n) is 29.4. The standard InChI is InChI=1S/C39H79NO2/c1-4-7-10-13-15-20-24-29-34-40(36-37-41)35-30-25-21-18-16-17-19-23-28-33-39(42)38(31-26-12-9-6-3)32-27-22-14-11-8-5-2/h38,41H,4-37H2,1-3H3. The van der Waals surface area contributed by atoms with Gasteiger partial charge in [0.2, 0.25) is 0 Å². The van der Waals surface area contributed by atoms with Crippen molar-refractivity contribution in [2.24, 2.45) is 5.92 Å². The van der Waals surface area contributed by atoms with Crippen molar-refractivity contribution in [2.45, 2.75) is 213 Å². The van der Waals surface area contributed by atoms with Crippen molar-refractivity contribution in [3.05, 3.63) is 0 Å². The van der Waals surface area contributed by atoms with Gasteiger partial charge in [0.15, 0.2) is 0 Å². The molecule has 0 aromatic heterocycles. The van der Waals surface area contributed by atoms with Gasteiger partial charge in [-0.2, -0.15) is 0 Å². The first-order valence-corrected chi connectivity index (χ1v) is 19.5. The van der Waals surface area contributed by atoms with Crippen molar-refractivity contribution in [1.82, 2.24) is 4.90 Å². The molecule has 0 bridgehead atoms. The van der Waals surface area contributed by atoms with Crippen LogP contribution in [0.1, 0.15) is 213 Å². The first-order valence-electron chi connectivity index (χ1n) is 19.5. The molecule has 1 atom stereocenters. The maximum atomic E-state index is 13.0. The van der Waals surface area contributed by atoms with Crippen LogP contribution in [0.4, 0.5) is 0 Å². The predicted molar refractivity (Wildman–Crippen MR) is 188 cm³/mol. The first kappa shape index (κ1) is 41.6. The van der Waals surface area contributed by atoms with Crippen LogP contribution in [0.5, 0.6) is 0 Å². The van der Waals surface area contributed by atoms with E-state index in [0.717, 1.165) is 45.3 Å². The molecule has 42 heavy (non-hydrogen) atoms. The maximum Gasteiger partial charge on any atom is 0.135 e. The van der Waals surface area contributed by atoms with E-state index in [4.69, 9.17) is 0 Å². The minimum Gasteiger partial charge on any atom is -0.395 e. The molecule has 0 aliphatic carbocycles. The lowest BCUT2D eigenvalue weighted by Crippen LogP contribution is -2.29. The molecule has 0 saturated heterocycles. The van der Waals surface area contributed by atoms with Gasteiger partial charge in [0.05, 0.1) is 6.61 Å². The van der Waals surface area contributed by atoms with Crippen LogP contribution in [0.3, 0.4) is 0 Å². The molecule has 0 saturated carbocycles. The van der Waals surface area contributed by atoms with Crippen LogP contribution in [-0.4, -0.2) is 42.0 Å². The first-order chi connectivity index (χ1) is 20.7. The molecule has 0 spiro atoms. The number of hydrogen-bond donors (Lipinski definition) is 1. The smallest absolute Gasteiger partial charge is 0.135 e. The van der Waals surface area contributed by atoms with E-state index >= 15 is 0 Å². The van der Waals surface area contributed by atoms with E-state index in [0.29, 0.717) is 18.3 Å². The lowest BCUT2D eigenvalue weighted by molar-refractivity contribution is -0.123. The molecule has 3 heteroatoms. The summed E-state index contributed by atoms with van der Waals surface area (Å²) in [5.41, 5.74) is 0. The normalized spacial score (nSPS) is 12.4.